The maximum atomic E-state index is 14.1. The van der Waals surface area contributed by atoms with Crippen LogP contribution in [0.5, 0.6) is 0 Å². The number of hydrogen-bond acceptors (Lipinski definition) is 18. The average Bonchev–Trinajstić information content (AvgIpc) is 3.27. The zero-order valence-corrected chi connectivity index (χ0v) is 37.7. The number of urea groups is 1. The van der Waals surface area contributed by atoms with Gasteiger partial charge in [0.1, 0.15) is 30.4 Å². The number of nitrogens with zero attached hydrogens (tertiary/aromatic N) is 3. The molecule has 0 radical (unpaired) electrons. The maximum Gasteiger partial charge on any atom is 0.365 e. The number of aryl methyl sites for hydroxylation is 2. The predicted octanol–water partition coefficient (Wildman–Crippen LogP) is -1.91. The zero-order chi connectivity index (χ0) is 47.8. The Kier molecular flexibility index (Phi) is 25.4. The minimum Gasteiger partial charge on any atom is -0.460 e. The molecule has 1 heterocycles. The van der Waals surface area contributed by atoms with Gasteiger partial charge in [-0.05, 0) is 115 Å². The number of aromatic nitrogens is 2. The fourth-order valence-corrected chi connectivity index (χ4v) is 6.54. The Morgan fingerprint density at radius 2 is 1.20 bits per heavy atom. The lowest BCUT2D eigenvalue weighted by Crippen LogP contribution is -2.66. The predicted molar refractivity (Wildman–Crippen MR) is 237 cm³/mol. The molecule has 7 unspecified atom stereocenters. The molecule has 7 atom stereocenters. The molecule has 0 bridgehead atoms. The van der Waals surface area contributed by atoms with E-state index < -0.39 is 85.5 Å². The van der Waals surface area contributed by atoms with Gasteiger partial charge in [-0.25, -0.2) is 14.6 Å². The Morgan fingerprint density at radius 3 is 1.72 bits per heavy atom. The van der Waals surface area contributed by atoms with Crippen molar-refractivity contribution >= 4 is 47.2 Å². The van der Waals surface area contributed by atoms with Gasteiger partial charge in [-0.1, -0.05) is 19.3 Å². The second-order valence-electron chi connectivity index (χ2n) is 15.8. The first-order valence-corrected chi connectivity index (χ1v) is 22.0. The van der Waals surface area contributed by atoms with Gasteiger partial charge in [-0.2, -0.15) is 4.99 Å². The molecule has 0 spiro atoms. The highest BCUT2D eigenvalue weighted by molar-refractivity contribution is 5.83. The lowest BCUT2D eigenvalue weighted by molar-refractivity contribution is -0.411. The number of hydrogen-bond donors (Lipinski definition) is 9. The number of benzene rings is 1. The minimum atomic E-state index is -1.82. The van der Waals surface area contributed by atoms with Crippen molar-refractivity contribution in [2.45, 2.75) is 140 Å². The topological polar surface area (TPSA) is 391 Å². The molecule has 1 aromatic carbocycles. The average molecular weight is 906 g/mol. The Bertz CT molecular complexity index is 1900. The highest BCUT2D eigenvalue weighted by Gasteiger charge is 2.42. The number of esters is 4. The molecule has 0 aliphatic carbocycles. The molecule has 18 N–H and O–H groups in total. The molecule has 0 saturated heterocycles. The van der Waals surface area contributed by atoms with Crippen LogP contribution in [0.1, 0.15) is 98.7 Å². The Hall–Kier alpha value is -4.94. The normalized spacial score (nSPS) is 15.0. The molecule has 0 saturated carbocycles. The van der Waals surface area contributed by atoms with Gasteiger partial charge in [0.15, 0.2) is 36.1 Å². The van der Waals surface area contributed by atoms with Gasteiger partial charge >= 0.3 is 29.9 Å². The third-order valence-corrected chi connectivity index (χ3v) is 10.6. The molecule has 0 aliphatic heterocycles. The van der Waals surface area contributed by atoms with Crippen LogP contribution in [-0.4, -0.2) is 128 Å². The van der Waals surface area contributed by atoms with Gasteiger partial charge in [0.25, 0.3) is 0 Å². The second-order valence-corrected chi connectivity index (χ2v) is 15.8. The molecule has 2 amide bonds. The maximum absolute atomic E-state index is 14.1. The van der Waals surface area contributed by atoms with Crippen LogP contribution in [0.3, 0.4) is 0 Å². The number of quaternary nitrogens is 1. The first kappa shape index (κ1) is 55.2. The monoisotopic (exact) mass is 906 g/mol. The van der Waals surface area contributed by atoms with Crippen LogP contribution in [0.4, 0.5) is 4.79 Å². The third kappa shape index (κ3) is 17.9. The minimum absolute atomic E-state index is 0.138. The summed E-state index contributed by atoms with van der Waals surface area (Å²) in [6, 6.07) is -1.95. The van der Waals surface area contributed by atoms with E-state index in [0.717, 1.165) is 11.1 Å². The van der Waals surface area contributed by atoms with Crippen molar-refractivity contribution in [2.75, 3.05) is 39.8 Å². The van der Waals surface area contributed by atoms with Crippen molar-refractivity contribution in [2.24, 2.45) is 45.1 Å². The summed E-state index contributed by atoms with van der Waals surface area (Å²) in [5.74, 6) is -3.68. The van der Waals surface area contributed by atoms with Crippen molar-refractivity contribution in [3.05, 3.63) is 34.4 Å². The van der Waals surface area contributed by atoms with Gasteiger partial charge in [0.2, 0.25) is 0 Å². The number of ether oxygens (including phenoxy) is 4. The van der Waals surface area contributed by atoms with E-state index in [9.17, 15) is 28.8 Å². The Balaban J connectivity index is 3.04. The molecule has 22 nitrogen and oxygen atoms in total. The molecule has 360 valence electrons. The SMILES string of the molecule is CNC(=O)/N=c1\c(C=O)nc2cc(C)c(C)cc2n1CC(OC(=O)C(N)CCCCN)C(OC(=O)C(N)CCCCN)C(COC(=O)C(N)CCCCN)OC(=O)C([NH3+])CCCCN. The summed E-state index contributed by atoms with van der Waals surface area (Å²) >= 11 is 0. The standard InChI is InChI=1S/C42H72N12O10/c1-25-20-31-33(21-26(25)2)54(37(32(23-55)52-31)53-42(60)51-3)22-34(62-39(57)28(48)13-5-9-17-44)36(64-41(59)30(50)15-7-11-19-46)35(63-40(58)29(49)14-6-10-18-45)24-61-38(56)27(47)12-4-8-16-43/h20-21,23,27-30,34-36H,4-19,22,24,43-50H2,1-3H3,(H,51,60)/p+1/b53-37+. The van der Waals surface area contributed by atoms with Gasteiger partial charge < -0.3 is 74.7 Å². The van der Waals surface area contributed by atoms with Crippen LogP contribution in [0.2, 0.25) is 0 Å². The van der Waals surface area contributed by atoms with Gasteiger partial charge in [-0.15, -0.1) is 0 Å². The molecule has 0 fully saturated rings. The van der Waals surface area contributed by atoms with Crippen LogP contribution in [-0.2, 0) is 44.7 Å². The van der Waals surface area contributed by atoms with E-state index in [1.165, 1.54) is 11.6 Å². The molecule has 2 aromatic rings. The molecular formula is C42H73N12O10+. The van der Waals surface area contributed by atoms with Crippen molar-refractivity contribution in [1.29, 1.82) is 0 Å². The van der Waals surface area contributed by atoms with E-state index >= 15 is 0 Å². The van der Waals surface area contributed by atoms with Gasteiger partial charge in [0.05, 0.1) is 17.6 Å². The lowest BCUT2D eigenvalue weighted by atomic mass is 10.0. The Morgan fingerprint density at radius 1 is 0.719 bits per heavy atom. The largest absolute Gasteiger partial charge is 0.460 e. The Labute approximate surface area is 374 Å². The van der Waals surface area contributed by atoms with Crippen LogP contribution in [0.15, 0.2) is 17.1 Å². The molecule has 2 rings (SSSR count). The summed E-state index contributed by atoms with van der Waals surface area (Å²) in [6.45, 7) is 3.81. The summed E-state index contributed by atoms with van der Waals surface area (Å²) in [4.78, 5) is 89.5. The number of aldehydes is 1. The first-order valence-electron chi connectivity index (χ1n) is 22.0. The number of fused-ring (bicyclic) bond motifs is 1. The number of carbonyl (C=O) groups is 6. The fraction of sp³-hybridized carbons (Fsp3) is 0.667. The van der Waals surface area contributed by atoms with E-state index in [-0.39, 0.29) is 42.4 Å². The summed E-state index contributed by atoms with van der Waals surface area (Å²) in [5.41, 5.74) is 47.2. The number of rotatable bonds is 30. The van der Waals surface area contributed by atoms with Crippen LogP contribution >= 0.6 is 0 Å². The van der Waals surface area contributed by atoms with Gasteiger partial charge in [-0.3, -0.25) is 19.2 Å². The van der Waals surface area contributed by atoms with Crippen molar-refractivity contribution in [3.8, 4) is 0 Å². The van der Waals surface area contributed by atoms with Crippen molar-refractivity contribution < 1.29 is 53.4 Å². The van der Waals surface area contributed by atoms with Crippen molar-refractivity contribution in [3.63, 3.8) is 0 Å². The third-order valence-electron chi connectivity index (χ3n) is 10.6. The molecular weight excluding hydrogens is 833 g/mol. The van der Waals surface area contributed by atoms with Crippen LogP contribution < -0.4 is 56.7 Å². The molecule has 22 heteroatoms. The van der Waals surface area contributed by atoms with E-state index in [0.29, 0.717) is 89.3 Å². The van der Waals surface area contributed by atoms with E-state index in [4.69, 9.17) is 59.1 Å². The lowest BCUT2D eigenvalue weighted by Gasteiger charge is -2.34. The summed E-state index contributed by atoms with van der Waals surface area (Å²) in [7, 11) is 1.33. The number of nitrogens with two attached hydrogens (primary N) is 7. The van der Waals surface area contributed by atoms with Crippen molar-refractivity contribution in [1.82, 2.24) is 14.9 Å². The van der Waals surface area contributed by atoms with Crippen LogP contribution in [0.25, 0.3) is 11.0 Å². The number of amides is 2. The smallest absolute Gasteiger partial charge is 0.365 e. The fourth-order valence-electron chi connectivity index (χ4n) is 6.54. The number of carbonyl (C=O) groups excluding carboxylic acids is 6. The summed E-state index contributed by atoms with van der Waals surface area (Å²) in [6.07, 6.45) is 0.211. The van der Waals surface area contributed by atoms with E-state index in [1.807, 2.05) is 13.8 Å². The summed E-state index contributed by atoms with van der Waals surface area (Å²) < 4.78 is 25.4. The second kappa shape index (κ2) is 29.5. The highest BCUT2D eigenvalue weighted by atomic mass is 16.6. The summed E-state index contributed by atoms with van der Waals surface area (Å²) in [5, 5.41) is 2.39. The highest BCUT2D eigenvalue weighted by Crippen LogP contribution is 2.23. The molecule has 64 heavy (non-hydrogen) atoms. The quantitative estimate of drug-likeness (QED) is 0.0179. The molecule has 0 aliphatic rings. The van der Waals surface area contributed by atoms with Gasteiger partial charge in [0, 0.05) is 13.5 Å². The van der Waals surface area contributed by atoms with Crippen LogP contribution in [0, 0.1) is 13.8 Å². The molecule has 1 aromatic heterocycles. The number of unbranched alkanes of at least 4 members (excludes halogenated alkanes) is 4. The zero-order valence-electron chi connectivity index (χ0n) is 37.7. The van der Waals surface area contributed by atoms with E-state index in [1.54, 1.807) is 12.1 Å². The van der Waals surface area contributed by atoms with E-state index in [2.05, 4.69) is 21.0 Å². The number of nitrogens with one attached hydrogen (secondary N) is 1. The first-order chi connectivity index (χ1) is 30.6.